The third-order valence-corrected chi connectivity index (χ3v) is 4.55. The summed E-state index contributed by atoms with van der Waals surface area (Å²) in [6.45, 7) is 2.13. The van der Waals surface area contributed by atoms with Gasteiger partial charge in [-0.25, -0.2) is 4.39 Å². The Hall–Kier alpha value is -1.95. The number of hydrogen-bond donors (Lipinski definition) is 1. The minimum atomic E-state index is -0.381. The van der Waals surface area contributed by atoms with Crippen molar-refractivity contribution in [1.82, 2.24) is 10.2 Å². The zero-order chi connectivity index (χ0) is 17.0. The van der Waals surface area contributed by atoms with Crippen LogP contribution in [0.1, 0.15) is 35.2 Å². The lowest BCUT2D eigenvalue weighted by Gasteiger charge is -2.25. The second-order valence-electron chi connectivity index (χ2n) is 6.00. The fraction of sp³-hybridized carbons (Fsp3) is 0.529. The first kappa shape index (κ1) is 17.4. The average Bonchev–Trinajstić information content (AvgIpc) is 2.88. The summed E-state index contributed by atoms with van der Waals surface area (Å²) in [6, 6.07) is 4.78. The van der Waals surface area contributed by atoms with Gasteiger partial charge < -0.3 is 10.1 Å². The Balaban J connectivity index is 1.87. The molecular formula is C17H23FN2O3. The van der Waals surface area contributed by atoms with Gasteiger partial charge >= 0.3 is 5.97 Å². The molecule has 0 unspecified atom stereocenters. The number of rotatable bonds is 5. The van der Waals surface area contributed by atoms with Gasteiger partial charge in [-0.15, -0.1) is 0 Å². The topological polar surface area (TPSA) is 58.6 Å². The standard InChI is InChI=1S/C17H23FN2O3/c1-11-4-5-12(8-15(11)18)17(22)19-10-14-7-6-13(20(14)2)9-16(21)23-3/h4-5,8,13-14H,6-7,9-10H2,1-3H3,(H,19,22)/t13-,14+/m1/s1. The first-order chi connectivity index (χ1) is 10.9. The lowest BCUT2D eigenvalue weighted by molar-refractivity contribution is -0.141. The summed E-state index contributed by atoms with van der Waals surface area (Å²) in [6.07, 6.45) is 2.16. The van der Waals surface area contributed by atoms with Crippen LogP contribution >= 0.6 is 0 Å². The highest BCUT2D eigenvalue weighted by molar-refractivity contribution is 5.94. The van der Waals surface area contributed by atoms with Crippen molar-refractivity contribution >= 4 is 11.9 Å². The summed E-state index contributed by atoms with van der Waals surface area (Å²) in [5.41, 5.74) is 0.836. The molecule has 1 saturated heterocycles. The van der Waals surface area contributed by atoms with Crippen molar-refractivity contribution in [3.05, 3.63) is 35.1 Å². The van der Waals surface area contributed by atoms with Crippen molar-refractivity contribution in [1.29, 1.82) is 0 Å². The molecule has 0 bridgehead atoms. The van der Waals surface area contributed by atoms with Crippen LogP contribution in [0.4, 0.5) is 4.39 Å². The van der Waals surface area contributed by atoms with Crippen LogP contribution in [0.5, 0.6) is 0 Å². The molecule has 1 aliphatic heterocycles. The number of benzene rings is 1. The highest BCUT2D eigenvalue weighted by atomic mass is 19.1. The summed E-state index contributed by atoms with van der Waals surface area (Å²) in [4.78, 5) is 25.6. The first-order valence-corrected chi connectivity index (χ1v) is 7.75. The van der Waals surface area contributed by atoms with Gasteiger partial charge in [0.2, 0.25) is 0 Å². The third kappa shape index (κ3) is 4.28. The second-order valence-corrected chi connectivity index (χ2v) is 6.00. The molecule has 1 aromatic carbocycles. The minimum absolute atomic E-state index is 0.140. The Bertz CT molecular complexity index is 591. The van der Waals surface area contributed by atoms with Crippen molar-refractivity contribution in [3.63, 3.8) is 0 Å². The number of likely N-dealkylation sites (N-methyl/N-ethyl adjacent to an activating group) is 1. The molecular weight excluding hydrogens is 299 g/mol. The zero-order valence-electron chi connectivity index (χ0n) is 13.8. The van der Waals surface area contributed by atoms with Crippen LogP contribution in [0.15, 0.2) is 18.2 Å². The smallest absolute Gasteiger partial charge is 0.307 e. The van der Waals surface area contributed by atoms with Gasteiger partial charge in [0.25, 0.3) is 5.91 Å². The number of nitrogens with zero attached hydrogens (tertiary/aromatic N) is 1. The van der Waals surface area contributed by atoms with Gasteiger partial charge in [-0.2, -0.15) is 0 Å². The van der Waals surface area contributed by atoms with E-state index >= 15 is 0 Å². The summed E-state index contributed by atoms with van der Waals surface area (Å²) in [5, 5.41) is 2.84. The third-order valence-electron chi connectivity index (χ3n) is 4.55. The van der Waals surface area contributed by atoms with Gasteiger partial charge in [-0.1, -0.05) is 6.07 Å². The summed E-state index contributed by atoms with van der Waals surface area (Å²) in [5.74, 6) is -0.885. The van der Waals surface area contributed by atoms with Gasteiger partial charge in [0.05, 0.1) is 13.5 Å². The molecule has 5 nitrogen and oxygen atoms in total. The highest BCUT2D eigenvalue weighted by Gasteiger charge is 2.32. The van der Waals surface area contributed by atoms with Crippen LogP contribution in [0, 0.1) is 12.7 Å². The van der Waals surface area contributed by atoms with E-state index in [1.54, 1.807) is 19.1 Å². The van der Waals surface area contributed by atoms with E-state index < -0.39 is 0 Å². The molecule has 0 radical (unpaired) electrons. The van der Waals surface area contributed by atoms with E-state index in [1.165, 1.54) is 13.2 Å². The Kier molecular flexibility index (Phi) is 5.71. The zero-order valence-corrected chi connectivity index (χ0v) is 13.8. The Morgan fingerprint density at radius 1 is 1.35 bits per heavy atom. The molecule has 2 rings (SSSR count). The Morgan fingerprint density at radius 2 is 2.04 bits per heavy atom. The first-order valence-electron chi connectivity index (χ1n) is 7.75. The maximum Gasteiger partial charge on any atom is 0.307 e. The van der Waals surface area contributed by atoms with E-state index in [1.807, 2.05) is 7.05 Å². The Morgan fingerprint density at radius 3 is 2.70 bits per heavy atom. The van der Waals surface area contributed by atoms with Gasteiger partial charge in [-0.3, -0.25) is 14.5 Å². The molecule has 126 valence electrons. The molecule has 0 spiro atoms. The number of carbonyl (C=O) groups is 2. The van der Waals surface area contributed by atoms with Crippen molar-refractivity contribution in [3.8, 4) is 0 Å². The number of carbonyl (C=O) groups excluding carboxylic acids is 2. The summed E-state index contributed by atoms with van der Waals surface area (Å²) >= 11 is 0. The predicted octanol–water partition coefficient (Wildman–Crippen LogP) is 1.89. The molecule has 1 amide bonds. The molecule has 2 atom stereocenters. The molecule has 1 heterocycles. The van der Waals surface area contributed by atoms with Crippen molar-refractivity contribution in [2.75, 3.05) is 20.7 Å². The fourth-order valence-corrected chi connectivity index (χ4v) is 2.90. The van der Waals surface area contributed by atoms with E-state index in [0.29, 0.717) is 24.1 Å². The monoisotopic (exact) mass is 322 g/mol. The minimum Gasteiger partial charge on any atom is -0.469 e. The van der Waals surface area contributed by atoms with Gasteiger partial charge in [0.1, 0.15) is 5.82 Å². The fourth-order valence-electron chi connectivity index (χ4n) is 2.90. The molecule has 6 heteroatoms. The Labute approximate surface area is 135 Å². The molecule has 1 aromatic rings. The van der Waals surface area contributed by atoms with Crippen LogP contribution in [0.3, 0.4) is 0 Å². The number of amides is 1. The lowest BCUT2D eigenvalue weighted by Crippen LogP contribution is -2.41. The van der Waals surface area contributed by atoms with Crippen molar-refractivity contribution in [2.24, 2.45) is 0 Å². The maximum atomic E-state index is 13.5. The van der Waals surface area contributed by atoms with Crippen LogP contribution < -0.4 is 5.32 Å². The van der Waals surface area contributed by atoms with Crippen molar-refractivity contribution < 1.29 is 18.7 Å². The summed E-state index contributed by atoms with van der Waals surface area (Å²) < 4.78 is 18.2. The average molecular weight is 322 g/mol. The molecule has 0 aliphatic carbocycles. The van der Waals surface area contributed by atoms with Gasteiger partial charge in [0, 0.05) is 24.2 Å². The van der Waals surface area contributed by atoms with Crippen LogP contribution in [0.2, 0.25) is 0 Å². The SMILES string of the molecule is COC(=O)C[C@H]1CC[C@@H](CNC(=O)c2ccc(C)c(F)c2)N1C. The number of halogens is 1. The van der Waals surface area contributed by atoms with E-state index in [-0.39, 0.29) is 29.8 Å². The van der Waals surface area contributed by atoms with Crippen LogP contribution in [0.25, 0.3) is 0 Å². The van der Waals surface area contributed by atoms with Crippen LogP contribution in [-0.4, -0.2) is 49.6 Å². The van der Waals surface area contributed by atoms with Gasteiger partial charge in [0.15, 0.2) is 0 Å². The number of hydrogen-bond acceptors (Lipinski definition) is 4. The molecule has 23 heavy (non-hydrogen) atoms. The number of methoxy groups -OCH3 is 1. The van der Waals surface area contributed by atoms with E-state index in [4.69, 9.17) is 4.74 Å². The molecule has 1 N–H and O–H groups in total. The number of aryl methyl sites for hydroxylation is 1. The quantitative estimate of drug-likeness (QED) is 0.841. The normalized spacial score (nSPS) is 21.2. The largest absolute Gasteiger partial charge is 0.469 e. The molecule has 0 aromatic heterocycles. The van der Waals surface area contributed by atoms with Gasteiger partial charge in [-0.05, 0) is 44.5 Å². The molecule has 1 fully saturated rings. The van der Waals surface area contributed by atoms with E-state index in [2.05, 4.69) is 10.2 Å². The number of likely N-dealkylation sites (tertiary alicyclic amines) is 1. The molecule has 1 aliphatic rings. The number of ether oxygens (including phenoxy) is 1. The maximum absolute atomic E-state index is 13.5. The number of esters is 1. The van der Waals surface area contributed by atoms with E-state index in [9.17, 15) is 14.0 Å². The predicted molar refractivity (Wildman–Crippen MR) is 84.7 cm³/mol. The number of nitrogens with one attached hydrogen (secondary N) is 1. The van der Waals surface area contributed by atoms with E-state index in [0.717, 1.165) is 12.8 Å². The summed E-state index contributed by atoms with van der Waals surface area (Å²) in [7, 11) is 3.33. The lowest BCUT2D eigenvalue weighted by atomic mass is 10.1. The van der Waals surface area contributed by atoms with Crippen LogP contribution in [-0.2, 0) is 9.53 Å². The second kappa shape index (κ2) is 7.55. The molecule has 0 saturated carbocycles. The highest BCUT2D eigenvalue weighted by Crippen LogP contribution is 2.24. The van der Waals surface area contributed by atoms with Crippen molar-refractivity contribution in [2.45, 2.75) is 38.3 Å².